The van der Waals surface area contributed by atoms with Crippen LogP contribution in [-0.2, 0) is 6.42 Å². The molecule has 1 aliphatic heterocycles. The molecule has 4 rings (SSSR count). The zero-order chi connectivity index (χ0) is 14.2. The summed E-state index contributed by atoms with van der Waals surface area (Å²) in [5.74, 6) is 0. The Labute approximate surface area is 124 Å². The zero-order valence-electron chi connectivity index (χ0n) is 11.9. The van der Waals surface area contributed by atoms with Crippen molar-refractivity contribution in [2.24, 2.45) is 0 Å². The first kappa shape index (κ1) is 12.3. The van der Waals surface area contributed by atoms with Crippen LogP contribution >= 0.6 is 0 Å². The third-order valence-corrected chi connectivity index (χ3v) is 4.21. The molecule has 0 spiro atoms. The second-order valence-corrected chi connectivity index (χ2v) is 5.68. The molecule has 0 amide bonds. The first-order valence-electron chi connectivity index (χ1n) is 7.46. The van der Waals surface area contributed by atoms with Crippen molar-refractivity contribution in [1.29, 1.82) is 0 Å². The fourth-order valence-corrected chi connectivity index (χ4v) is 3.18. The summed E-state index contributed by atoms with van der Waals surface area (Å²) in [4.78, 5) is 3.54. The zero-order valence-corrected chi connectivity index (χ0v) is 11.9. The molecule has 21 heavy (non-hydrogen) atoms. The van der Waals surface area contributed by atoms with Crippen molar-refractivity contribution in [1.82, 2.24) is 4.98 Å². The van der Waals surface area contributed by atoms with Gasteiger partial charge in [-0.25, -0.2) is 0 Å². The number of allylic oxidation sites excluding steroid dienone is 1. The molecular weight excluding hydrogens is 256 g/mol. The molecule has 1 aliphatic rings. The van der Waals surface area contributed by atoms with E-state index >= 15 is 0 Å². The highest BCUT2D eigenvalue weighted by molar-refractivity contribution is 5.87. The predicted molar refractivity (Wildman–Crippen MR) is 89.4 cm³/mol. The fraction of sp³-hybridized carbons (Fsp3) is 0.158. The molecule has 0 atom stereocenters. The highest BCUT2D eigenvalue weighted by Gasteiger charge is 2.15. The highest BCUT2D eigenvalue weighted by Crippen LogP contribution is 2.34. The summed E-state index contributed by atoms with van der Waals surface area (Å²) in [5, 5.41) is 4.72. The lowest BCUT2D eigenvalue weighted by molar-refractivity contribution is 0.837. The number of para-hydroxylation sites is 1. The normalized spacial score (nSPS) is 14.6. The van der Waals surface area contributed by atoms with Crippen LogP contribution in [0.5, 0.6) is 0 Å². The van der Waals surface area contributed by atoms with Crippen LogP contribution in [-0.4, -0.2) is 4.98 Å². The number of nitrogens with one attached hydrogen (secondary N) is 2. The number of rotatable bonds is 1. The Morgan fingerprint density at radius 2 is 1.86 bits per heavy atom. The van der Waals surface area contributed by atoms with E-state index in [0.717, 1.165) is 25.0 Å². The first-order valence-corrected chi connectivity index (χ1v) is 7.46. The number of H-pyrrole nitrogens is 1. The minimum Gasteiger partial charge on any atom is -0.359 e. The van der Waals surface area contributed by atoms with Gasteiger partial charge >= 0.3 is 0 Å². The number of fused-ring (bicyclic) bond motifs is 2. The van der Waals surface area contributed by atoms with E-state index in [1.54, 1.807) is 0 Å². The standard InChI is InChI=1S/C19H18N2/c1-13-6-4-8-15-16(9-5-11-18(15)20-13)19-12-14-7-2-3-10-17(14)21-19/h2-3,5,7,9-12,20-21H,1,4,6,8H2. The predicted octanol–water partition coefficient (Wildman–Crippen LogP) is 5.10. The Kier molecular flexibility index (Phi) is 2.81. The van der Waals surface area contributed by atoms with E-state index < -0.39 is 0 Å². The molecular formula is C19H18N2. The minimum absolute atomic E-state index is 1.04. The molecule has 2 nitrogen and oxygen atoms in total. The third kappa shape index (κ3) is 2.13. The second-order valence-electron chi connectivity index (χ2n) is 5.68. The van der Waals surface area contributed by atoms with Gasteiger partial charge in [0.05, 0.1) is 0 Å². The number of aromatic nitrogens is 1. The fourth-order valence-electron chi connectivity index (χ4n) is 3.18. The van der Waals surface area contributed by atoms with Gasteiger partial charge in [-0.3, -0.25) is 0 Å². The van der Waals surface area contributed by atoms with Gasteiger partial charge in [-0.2, -0.15) is 0 Å². The van der Waals surface area contributed by atoms with Gasteiger partial charge < -0.3 is 10.3 Å². The Balaban J connectivity index is 1.88. The van der Waals surface area contributed by atoms with Gasteiger partial charge in [0.1, 0.15) is 0 Å². The van der Waals surface area contributed by atoms with Gasteiger partial charge in [0, 0.05) is 33.5 Å². The largest absolute Gasteiger partial charge is 0.359 e. The van der Waals surface area contributed by atoms with Gasteiger partial charge in [-0.1, -0.05) is 36.9 Å². The summed E-state index contributed by atoms with van der Waals surface area (Å²) < 4.78 is 0. The average Bonchev–Trinajstić information content (AvgIpc) is 2.82. The van der Waals surface area contributed by atoms with Crippen LogP contribution in [0.2, 0.25) is 0 Å². The van der Waals surface area contributed by atoms with Crippen LogP contribution in [0.25, 0.3) is 22.2 Å². The Morgan fingerprint density at radius 1 is 0.952 bits per heavy atom. The quantitative estimate of drug-likeness (QED) is 0.635. The molecule has 0 bridgehead atoms. The van der Waals surface area contributed by atoms with Gasteiger partial charge in [-0.15, -0.1) is 0 Å². The monoisotopic (exact) mass is 274 g/mol. The molecule has 2 aromatic carbocycles. The molecule has 1 aromatic heterocycles. The van der Waals surface area contributed by atoms with Crippen molar-refractivity contribution in [2.75, 3.05) is 5.32 Å². The lowest BCUT2D eigenvalue weighted by atomic mass is 9.98. The molecule has 2 N–H and O–H groups in total. The maximum atomic E-state index is 4.09. The van der Waals surface area contributed by atoms with Crippen LogP contribution in [0.4, 0.5) is 5.69 Å². The summed E-state index contributed by atoms with van der Waals surface area (Å²) in [6.45, 7) is 4.09. The second kappa shape index (κ2) is 4.81. The van der Waals surface area contributed by atoms with Crippen molar-refractivity contribution >= 4 is 16.6 Å². The third-order valence-electron chi connectivity index (χ3n) is 4.21. The molecule has 0 aliphatic carbocycles. The van der Waals surface area contributed by atoms with E-state index in [9.17, 15) is 0 Å². The van der Waals surface area contributed by atoms with Crippen molar-refractivity contribution in [3.63, 3.8) is 0 Å². The average molecular weight is 274 g/mol. The van der Waals surface area contributed by atoms with Gasteiger partial charge in [0.15, 0.2) is 0 Å². The van der Waals surface area contributed by atoms with E-state index in [-0.39, 0.29) is 0 Å². The summed E-state index contributed by atoms with van der Waals surface area (Å²) in [6.07, 6.45) is 3.28. The Morgan fingerprint density at radius 3 is 2.76 bits per heavy atom. The number of hydrogen-bond acceptors (Lipinski definition) is 1. The molecule has 0 radical (unpaired) electrons. The van der Waals surface area contributed by atoms with Crippen molar-refractivity contribution in [3.8, 4) is 11.3 Å². The number of hydrogen-bond donors (Lipinski definition) is 2. The van der Waals surface area contributed by atoms with E-state index in [4.69, 9.17) is 0 Å². The maximum absolute atomic E-state index is 4.09. The van der Waals surface area contributed by atoms with E-state index in [0.29, 0.717) is 0 Å². The van der Waals surface area contributed by atoms with Crippen LogP contribution in [0, 0.1) is 0 Å². The molecule has 2 heteroatoms. The van der Waals surface area contributed by atoms with Crippen LogP contribution in [0.1, 0.15) is 18.4 Å². The van der Waals surface area contributed by atoms with Crippen LogP contribution < -0.4 is 5.32 Å². The van der Waals surface area contributed by atoms with Crippen molar-refractivity contribution in [3.05, 3.63) is 66.4 Å². The minimum atomic E-state index is 1.04. The lowest BCUT2D eigenvalue weighted by Crippen LogP contribution is -1.97. The maximum Gasteiger partial charge on any atom is 0.0468 e. The molecule has 0 fully saturated rings. The SMILES string of the molecule is C=C1CCCc2c(cccc2-c2cc3ccccc3[nH]2)N1. The highest BCUT2D eigenvalue weighted by atomic mass is 14.9. The van der Waals surface area contributed by atoms with Crippen LogP contribution in [0.15, 0.2) is 60.8 Å². The van der Waals surface area contributed by atoms with E-state index in [1.807, 2.05) is 0 Å². The van der Waals surface area contributed by atoms with Crippen LogP contribution in [0.3, 0.4) is 0 Å². The lowest BCUT2D eigenvalue weighted by Gasteiger charge is -2.12. The number of benzene rings is 2. The summed E-state index contributed by atoms with van der Waals surface area (Å²) in [7, 11) is 0. The number of aromatic amines is 1. The molecule has 0 saturated heterocycles. The van der Waals surface area contributed by atoms with Gasteiger partial charge in [0.25, 0.3) is 0 Å². The Bertz CT molecular complexity index is 793. The topological polar surface area (TPSA) is 27.8 Å². The summed E-state index contributed by atoms with van der Waals surface area (Å²) in [6, 6.07) is 17.1. The van der Waals surface area contributed by atoms with Crippen molar-refractivity contribution < 1.29 is 0 Å². The first-order chi connectivity index (χ1) is 10.3. The van der Waals surface area contributed by atoms with Gasteiger partial charge in [0.2, 0.25) is 0 Å². The van der Waals surface area contributed by atoms with E-state index in [1.165, 1.54) is 33.4 Å². The smallest absolute Gasteiger partial charge is 0.0468 e. The molecule has 0 saturated carbocycles. The van der Waals surface area contributed by atoms with E-state index in [2.05, 4.69) is 65.4 Å². The molecule has 2 heterocycles. The summed E-state index contributed by atoms with van der Waals surface area (Å²) in [5.41, 5.74) is 7.39. The van der Waals surface area contributed by atoms with Crippen molar-refractivity contribution in [2.45, 2.75) is 19.3 Å². The molecule has 104 valence electrons. The number of anilines is 1. The molecule has 0 unspecified atom stereocenters. The van der Waals surface area contributed by atoms with Gasteiger partial charge in [-0.05, 0) is 43.0 Å². The molecule has 3 aromatic rings. The summed E-state index contributed by atoms with van der Waals surface area (Å²) >= 11 is 0. The Hall–Kier alpha value is -2.48.